The molecule has 0 aromatic heterocycles. The molecular weight excluding hydrogens is 781 g/mol. The van der Waals surface area contributed by atoms with E-state index in [0.717, 1.165) is 12.1 Å². The summed E-state index contributed by atoms with van der Waals surface area (Å²) < 4.78 is 66.5. The Balaban J connectivity index is 1.25. The van der Waals surface area contributed by atoms with Gasteiger partial charge in [-0.2, -0.15) is 13.2 Å². The number of carbonyl (C=O) groups excluding carboxylic acids is 1. The van der Waals surface area contributed by atoms with Crippen LogP contribution in [0.25, 0.3) is 11.1 Å². The Morgan fingerprint density at radius 1 is 0.897 bits per heavy atom. The molecule has 2 saturated heterocycles. The van der Waals surface area contributed by atoms with Crippen molar-refractivity contribution in [2.24, 2.45) is 0 Å². The van der Waals surface area contributed by atoms with Gasteiger partial charge in [0.1, 0.15) is 54.7 Å². The average molecular weight is 827 g/mol. The lowest BCUT2D eigenvalue weighted by molar-refractivity contribution is -0.331. The molecule has 17 nitrogen and oxygen atoms in total. The summed E-state index contributed by atoms with van der Waals surface area (Å²) in [5.74, 6) is -5.02. The van der Waals surface area contributed by atoms with Crippen LogP contribution in [0.4, 0.5) is 13.2 Å². The molecule has 10 N–H and O–H groups in total. The van der Waals surface area contributed by atoms with Crippen LogP contribution in [0.3, 0.4) is 0 Å². The molecule has 1 amide bonds. The summed E-state index contributed by atoms with van der Waals surface area (Å²) in [5.41, 5.74) is 1.08. The molecule has 20 heteroatoms. The van der Waals surface area contributed by atoms with Gasteiger partial charge in [-0.25, -0.2) is 4.79 Å². The molecule has 0 saturated carbocycles. The topological polar surface area (TPSA) is 266 Å². The summed E-state index contributed by atoms with van der Waals surface area (Å²) in [4.78, 5) is 24.9. The summed E-state index contributed by atoms with van der Waals surface area (Å²) in [6, 6.07) is 15.8. The van der Waals surface area contributed by atoms with E-state index in [1.54, 1.807) is 36.4 Å². The number of rotatable bonds is 16. The number of aliphatic carboxylic acids is 1. The predicted octanol–water partition coefficient (Wildman–Crippen LogP) is -0.497. The summed E-state index contributed by atoms with van der Waals surface area (Å²) >= 11 is 0. The molecule has 3 aromatic carbocycles. The molecular formula is C38H45F3N2O15. The van der Waals surface area contributed by atoms with Gasteiger partial charge in [-0.1, -0.05) is 36.4 Å². The van der Waals surface area contributed by atoms with Gasteiger partial charge in [0.05, 0.1) is 37.5 Å². The van der Waals surface area contributed by atoms with Gasteiger partial charge >= 0.3 is 12.1 Å². The minimum absolute atomic E-state index is 0.117. The second kappa shape index (κ2) is 19.1. The van der Waals surface area contributed by atoms with Crippen LogP contribution in [0, 0.1) is 0 Å². The number of aliphatic hydroxyl groups is 7. The van der Waals surface area contributed by atoms with Crippen LogP contribution in [0.5, 0.6) is 11.5 Å². The van der Waals surface area contributed by atoms with Crippen molar-refractivity contribution in [3.05, 3.63) is 83.9 Å². The van der Waals surface area contributed by atoms with Crippen LogP contribution < -0.4 is 20.1 Å². The molecule has 0 radical (unpaired) electrons. The Morgan fingerprint density at radius 2 is 1.50 bits per heavy atom. The summed E-state index contributed by atoms with van der Waals surface area (Å²) in [6.45, 7) is -2.15. The second-order valence-electron chi connectivity index (χ2n) is 13.7. The van der Waals surface area contributed by atoms with Gasteiger partial charge in [-0.3, -0.25) is 4.79 Å². The number of hydrogen-bond donors (Lipinski definition) is 10. The highest BCUT2D eigenvalue weighted by molar-refractivity contribution is 5.78. The molecule has 318 valence electrons. The van der Waals surface area contributed by atoms with Crippen LogP contribution in [0.2, 0.25) is 0 Å². The third-order valence-electron chi connectivity index (χ3n) is 9.74. The Labute approximate surface area is 329 Å². The lowest BCUT2D eigenvalue weighted by atomic mass is 9.88. The average Bonchev–Trinajstić information content (AvgIpc) is 3.21. The number of ether oxygens (including phenoxy) is 5. The number of aliphatic hydroxyl groups excluding tert-OH is 7. The maximum Gasteiger partial charge on any atom is 0.416 e. The summed E-state index contributed by atoms with van der Waals surface area (Å²) in [7, 11) is 1.45. The number of halogens is 3. The van der Waals surface area contributed by atoms with Gasteiger partial charge in [0.2, 0.25) is 12.2 Å². The number of methoxy groups -OCH3 is 1. The van der Waals surface area contributed by atoms with Gasteiger partial charge in [0.15, 0.2) is 0 Å². The fraction of sp³-hybridized carbons (Fsp3) is 0.474. The number of benzene rings is 3. The first-order valence-corrected chi connectivity index (χ1v) is 17.9. The van der Waals surface area contributed by atoms with Crippen molar-refractivity contribution in [2.45, 2.75) is 86.1 Å². The fourth-order valence-electron chi connectivity index (χ4n) is 6.47. The minimum Gasteiger partial charge on any atom is -0.497 e. The first-order valence-electron chi connectivity index (χ1n) is 17.9. The number of nitrogens with one attached hydrogen (secondary N) is 2. The third-order valence-corrected chi connectivity index (χ3v) is 9.74. The number of carboxylic acids is 1. The van der Waals surface area contributed by atoms with E-state index >= 15 is 0 Å². The van der Waals surface area contributed by atoms with Gasteiger partial charge in [-0.05, 0) is 53.1 Å². The number of carbonyl (C=O) groups is 2. The van der Waals surface area contributed by atoms with E-state index in [9.17, 15) is 63.6 Å². The largest absolute Gasteiger partial charge is 0.497 e. The highest BCUT2D eigenvalue weighted by Gasteiger charge is 2.57. The fourth-order valence-corrected chi connectivity index (χ4v) is 6.47. The van der Waals surface area contributed by atoms with Crippen LogP contribution in [0.15, 0.2) is 72.8 Å². The SMILES string of the molecule is COc1ccc(O[C@@H]2O[C@H](CO[C@]3(C(=O)O)C[C@H](O)[C@@H](NC(=O)CO)[C@H]([C@H](O)[C@H](O)CNCc4ccc(-c5ccc(C(F)(F)F)cc5)cc4)O3)[C@H](O)[C@H](O)[C@H]2O)cc1. The van der Waals surface area contributed by atoms with Crippen LogP contribution in [0.1, 0.15) is 17.5 Å². The van der Waals surface area contributed by atoms with E-state index < -0.39 is 110 Å². The van der Waals surface area contributed by atoms with Crippen molar-refractivity contribution in [3.63, 3.8) is 0 Å². The predicted molar refractivity (Wildman–Crippen MR) is 192 cm³/mol. The molecule has 0 bridgehead atoms. The van der Waals surface area contributed by atoms with Gasteiger partial charge in [0, 0.05) is 19.5 Å². The first kappa shape index (κ1) is 44.6. The Bertz CT molecular complexity index is 1800. The van der Waals surface area contributed by atoms with Crippen molar-refractivity contribution >= 4 is 11.9 Å². The Kier molecular flexibility index (Phi) is 14.7. The molecule has 2 fully saturated rings. The maximum absolute atomic E-state index is 12.9. The molecule has 2 heterocycles. The van der Waals surface area contributed by atoms with Gasteiger partial charge < -0.3 is 75.2 Å². The van der Waals surface area contributed by atoms with E-state index in [-0.39, 0.29) is 18.8 Å². The smallest absolute Gasteiger partial charge is 0.416 e. The van der Waals surface area contributed by atoms with E-state index in [4.69, 9.17) is 23.7 Å². The number of alkyl halides is 3. The molecule has 0 unspecified atom stereocenters. The third kappa shape index (κ3) is 10.6. The second-order valence-corrected chi connectivity index (χ2v) is 13.7. The number of carboxylic acid groups (broad SMARTS) is 1. The first-order chi connectivity index (χ1) is 27.5. The molecule has 2 aliphatic rings. The molecule has 2 aliphatic heterocycles. The Hall–Kier alpha value is -4.45. The van der Waals surface area contributed by atoms with E-state index in [0.29, 0.717) is 22.4 Å². The van der Waals surface area contributed by atoms with Gasteiger partial charge in [-0.15, -0.1) is 0 Å². The lowest BCUT2D eigenvalue weighted by Crippen LogP contribution is -2.69. The molecule has 3 aromatic rings. The van der Waals surface area contributed by atoms with Crippen molar-refractivity contribution < 1.29 is 87.3 Å². The maximum atomic E-state index is 12.9. The number of amides is 1. The normalized spacial score (nSPS) is 28.6. The molecule has 0 aliphatic carbocycles. The quantitative estimate of drug-likeness (QED) is 0.0873. The highest BCUT2D eigenvalue weighted by Crippen LogP contribution is 2.35. The Morgan fingerprint density at radius 3 is 2.07 bits per heavy atom. The monoisotopic (exact) mass is 826 g/mol. The molecule has 11 atom stereocenters. The molecule has 5 rings (SSSR count). The van der Waals surface area contributed by atoms with Gasteiger partial charge in [0.25, 0.3) is 5.79 Å². The van der Waals surface area contributed by atoms with Crippen LogP contribution >= 0.6 is 0 Å². The van der Waals surface area contributed by atoms with Crippen molar-refractivity contribution in [1.82, 2.24) is 10.6 Å². The number of hydrogen-bond acceptors (Lipinski definition) is 15. The van der Waals surface area contributed by atoms with Crippen molar-refractivity contribution in [3.8, 4) is 22.6 Å². The van der Waals surface area contributed by atoms with Crippen molar-refractivity contribution in [1.29, 1.82) is 0 Å². The van der Waals surface area contributed by atoms with Crippen LogP contribution in [-0.2, 0) is 36.5 Å². The van der Waals surface area contributed by atoms with Crippen molar-refractivity contribution in [2.75, 3.05) is 26.9 Å². The standard InChI is InChI=1S/C38H45F3N2O15/c1-54-23-10-12-24(13-11-23)56-35-33(51)32(50)31(49)27(57-35)18-55-37(36(52)53)14-25(45)29(43-28(47)17-44)34(58-37)30(48)26(46)16-42-15-19-2-4-20(5-3-19)21-6-8-22(9-7-21)38(39,40)41/h2-13,25-27,29-35,42,44-46,48-51H,14-18H2,1H3,(H,43,47)(H,52,53)/t25-,26+,27+,29+,30+,31-,32-,33+,34+,35+,37+/m0/s1. The van der Waals surface area contributed by atoms with E-state index in [1.165, 1.54) is 31.4 Å². The molecule has 58 heavy (non-hydrogen) atoms. The minimum atomic E-state index is -4.47. The lowest BCUT2D eigenvalue weighted by Gasteiger charge is -2.47. The zero-order valence-electron chi connectivity index (χ0n) is 30.8. The summed E-state index contributed by atoms with van der Waals surface area (Å²) in [6.07, 6.45) is -21.5. The zero-order chi connectivity index (χ0) is 42.4. The zero-order valence-corrected chi connectivity index (χ0v) is 30.8. The highest BCUT2D eigenvalue weighted by atomic mass is 19.4. The molecule has 0 spiro atoms. The van der Waals surface area contributed by atoms with E-state index in [2.05, 4.69) is 10.6 Å². The van der Waals surface area contributed by atoms with Crippen LogP contribution in [-0.4, -0.2) is 147 Å². The summed E-state index contributed by atoms with van der Waals surface area (Å²) in [5, 5.41) is 90.0. The van der Waals surface area contributed by atoms with E-state index in [1.807, 2.05) is 0 Å².